The number of benzene rings is 1. The fourth-order valence-electron chi connectivity index (χ4n) is 2.37. The molecule has 0 heterocycles. The van der Waals surface area contributed by atoms with Crippen LogP contribution in [0.5, 0.6) is 0 Å². The van der Waals surface area contributed by atoms with Crippen molar-refractivity contribution in [2.45, 2.75) is 38.5 Å². The van der Waals surface area contributed by atoms with Gasteiger partial charge < -0.3 is 5.11 Å². The molecule has 0 atom stereocenters. The lowest BCUT2D eigenvalue weighted by Crippen LogP contribution is -2.26. The lowest BCUT2D eigenvalue weighted by molar-refractivity contribution is -0.386. The summed E-state index contributed by atoms with van der Waals surface area (Å²) in [6, 6.07) is 1.51. The number of aliphatic hydroxyl groups is 1. The highest BCUT2D eigenvalue weighted by atomic mass is 32.2. The molecule has 0 aliphatic carbocycles. The highest BCUT2D eigenvalue weighted by Crippen LogP contribution is 2.31. The van der Waals surface area contributed by atoms with Crippen LogP contribution in [0.1, 0.15) is 29.5 Å². The van der Waals surface area contributed by atoms with Crippen LogP contribution in [0.2, 0.25) is 0 Å². The number of rotatable bonds is 7. The van der Waals surface area contributed by atoms with Crippen LogP contribution < -0.4 is 4.72 Å². The van der Waals surface area contributed by atoms with Gasteiger partial charge in [0, 0.05) is 24.3 Å². The molecule has 0 aliphatic heterocycles. The van der Waals surface area contributed by atoms with Crippen LogP contribution in [0.4, 0.5) is 5.69 Å². The number of nitro benzene ring substituents is 1. The van der Waals surface area contributed by atoms with Crippen LogP contribution in [0, 0.1) is 30.9 Å². The Bertz CT molecular complexity index is 640. The topological polar surface area (TPSA) is 110 Å². The monoisotopic (exact) mass is 316 g/mol. The van der Waals surface area contributed by atoms with Crippen molar-refractivity contribution in [3.63, 3.8) is 0 Å². The maximum absolute atomic E-state index is 12.3. The molecular formula is C13H20N2O5S. The van der Waals surface area contributed by atoms with E-state index in [4.69, 9.17) is 5.11 Å². The summed E-state index contributed by atoms with van der Waals surface area (Å²) >= 11 is 0. The smallest absolute Gasteiger partial charge is 0.276 e. The summed E-state index contributed by atoms with van der Waals surface area (Å²) in [4.78, 5) is 10.5. The van der Waals surface area contributed by atoms with Gasteiger partial charge in [0.05, 0.1) is 9.82 Å². The summed E-state index contributed by atoms with van der Waals surface area (Å²) in [7, 11) is -3.81. The molecule has 0 saturated carbocycles. The van der Waals surface area contributed by atoms with Crippen molar-refractivity contribution in [3.8, 4) is 0 Å². The van der Waals surface area contributed by atoms with Gasteiger partial charge in [-0.3, -0.25) is 10.1 Å². The second-order valence-corrected chi connectivity index (χ2v) is 6.60. The Kier molecular flexibility index (Phi) is 5.82. The predicted molar refractivity (Wildman–Crippen MR) is 78.8 cm³/mol. The summed E-state index contributed by atoms with van der Waals surface area (Å²) in [6.45, 7) is 4.83. The molecule has 0 unspecified atom stereocenters. The summed E-state index contributed by atoms with van der Waals surface area (Å²) in [5, 5.41) is 19.8. The third-order valence-electron chi connectivity index (χ3n) is 3.19. The fraction of sp³-hybridized carbons (Fsp3) is 0.538. The van der Waals surface area contributed by atoms with E-state index in [9.17, 15) is 18.5 Å². The molecule has 0 fully saturated rings. The quantitative estimate of drug-likeness (QED) is 0.451. The lowest BCUT2D eigenvalue weighted by Gasteiger charge is -2.13. The van der Waals surface area contributed by atoms with E-state index in [-0.39, 0.29) is 29.3 Å². The Morgan fingerprint density at radius 1 is 1.24 bits per heavy atom. The van der Waals surface area contributed by atoms with Crippen molar-refractivity contribution >= 4 is 15.7 Å². The van der Waals surface area contributed by atoms with E-state index < -0.39 is 14.9 Å². The molecule has 0 aliphatic rings. The average Bonchev–Trinajstić information content (AvgIpc) is 2.32. The summed E-state index contributed by atoms with van der Waals surface area (Å²) in [5.41, 5.74) is 0.892. The maximum Gasteiger partial charge on any atom is 0.276 e. The van der Waals surface area contributed by atoms with Gasteiger partial charge in [-0.05, 0) is 45.2 Å². The first-order valence-electron chi connectivity index (χ1n) is 6.58. The first-order chi connectivity index (χ1) is 9.72. The molecule has 0 aromatic heterocycles. The van der Waals surface area contributed by atoms with Crippen LogP contribution in [0.25, 0.3) is 0 Å². The zero-order valence-electron chi connectivity index (χ0n) is 12.3. The fourth-order valence-corrected chi connectivity index (χ4v) is 3.91. The van der Waals surface area contributed by atoms with Crippen LogP contribution in [0.3, 0.4) is 0 Å². The number of hydrogen-bond acceptors (Lipinski definition) is 5. The van der Waals surface area contributed by atoms with Gasteiger partial charge in [-0.1, -0.05) is 0 Å². The predicted octanol–water partition coefficient (Wildman–Crippen LogP) is 1.57. The van der Waals surface area contributed by atoms with Crippen LogP contribution in [-0.4, -0.2) is 31.6 Å². The molecule has 8 heteroatoms. The van der Waals surface area contributed by atoms with Crippen molar-refractivity contribution in [1.82, 2.24) is 4.72 Å². The van der Waals surface area contributed by atoms with Gasteiger partial charge in [-0.2, -0.15) is 0 Å². The van der Waals surface area contributed by atoms with Gasteiger partial charge in [0.1, 0.15) is 0 Å². The molecule has 1 aromatic carbocycles. The lowest BCUT2D eigenvalue weighted by atomic mass is 10.1. The van der Waals surface area contributed by atoms with Crippen molar-refractivity contribution in [2.75, 3.05) is 13.2 Å². The Hall–Kier alpha value is -1.51. The first kappa shape index (κ1) is 17.5. The van der Waals surface area contributed by atoms with E-state index in [1.165, 1.54) is 13.0 Å². The van der Waals surface area contributed by atoms with E-state index in [1.807, 2.05) is 0 Å². The minimum atomic E-state index is -3.81. The highest BCUT2D eigenvalue weighted by Gasteiger charge is 2.27. The van der Waals surface area contributed by atoms with Crippen molar-refractivity contribution in [1.29, 1.82) is 0 Å². The molecule has 2 N–H and O–H groups in total. The molecule has 0 radical (unpaired) electrons. The number of aryl methyl sites for hydroxylation is 2. The van der Waals surface area contributed by atoms with Crippen LogP contribution in [-0.2, 0) is 10.0 Å². The van der Waals surface area contributed by atoms with Gasteiger partial charge in [0.25, 0.3) is 5.69 Å². The Morgan fingerprint density at radius 2 is 1.86 bits per heavy atom. The van der Waals surface area contributed by atoms with E-state index in [0.29, 0.717) is 24.0 Å². The van der Waals surface area contributed by atoms with Gasteiger partial charge in [-0.15, -0.1) is 0 Å². The molecule has 0 spiro atoms. The number of sulfonamides is 1. The second-order valence-electron chi connectivity index (χ2n) is 4.90. The summed E-state index contributed by atoms with van der Waals surface area (Å²) in [6.07, 6.45) is 0.996. The van der Waals surface area contributed by atoms with Crippen LogP contribution in [0.15, 0.2) is 11.0 Å². The average molecular weight is 316 g/mol. The third-order valence-corrected chi connectivity index (χ3v) is 4.94. The second kappa shape index (κ2) is 6.97. The Morgan fingerprint density at radius 3 is 2.38 bits per heavy atom. The van der Waals surface area contributed by atoms with Crippen LogP contribution >= 0.6 is 0 Å². The molecule has 1 rings (SSSR count). The number of hydrogen-bond donors (Lipinski definition) is 2. The minimum absolute atomic E-state index is 0.00418. The molecular weight excluding hydrogens is 296 g/mol. The van der Waals surface area contributed by atoms with E-state index in [1.54, 1.807) is 13.8 Å². The molecule has 118 valence electrons. The first-order valence-corrected chi connectivity index (χ1v) is 8.06. The largest absolute Gasteiger partial charge is 0.396 e. The standard InChI is InChI=1S/C13H20N2O5S/c1-9-8-10(2)13(11(3)12(9)15(17)18)21(19,20)14-6-4-5-7-16/h8,14,16H,4-7H2,1-3H3. The van der Waals surface area contributed by atoms with E-state index in [0.717, 1.165) is 0 Å². The molecule has 0 bridgehead atoms. The zero-order valence-corrected chi connectivity index (χ0v) is 13.2. The number of unbranched alkanes of at least 4 members (excludes halogenated alkanes) is 1. The number of nitrogens with zero attached hydrogens (tertiary/aromatic N) is 1. The number of nitrogens with one attached hydrogen (secondary N) is 1. The van der Waals surface area contributed by atoms with Gasteiger partial charge in [0.2, 0.25) is 10.0 Å². The molecule has 21 heavy (non-hydrogen) atoms. The highest BCUT2D eigenvalue weighted by molar-refractivity contribution is 7.89. The van der Waals surface area contributed by atoms with Gasteiger partial charge in [0.15, 0.2) is 0 Å². The maximum atomic E-state index is 12.3. The normalized spacial score (nSPS) is 11.6. The van der Waals surface area contributed by atoms with Gasteiger partial charge in [-0.25, -0.2) is 13.1 Å². The van der Waals surface area contributed by atoms with Crippen molar-refractivity contribution in [2.24, 2.45) is 0 Å². The van der Waals surface area contributed by atoms with E-state index >= 15 is 0 Å². The van der Waals surface area contributed by atoms with Crippen molar-refractivity contribution < 1.29 is 18.4 Å². The Labute approximate surface area is 124 Å². The molecule has 1 aromatic rings. The SMILES string of the molecule is Cc1cc(C)c(S(=O)(=O)NCCCCO)c(C)c1[N+](=O)[O-]. The third kappa shape index (κ3) is 3.99. The zero-order chi connectivity index (χ0) is 16.2. The molecule has 7 nitrogen and oxygen atoms in total. The molecule has 0 amide bonds. The minimum Gasteiger partial charge on any atom is -0.396 e. The van der Waals surface area contributed by atoms with Gasteiger partial charge >= 0.3 is 0 Å². The summed E-state index contributed by atoms with van der Waals surface area (Å²) < 4.78 is 27.1. The Balaban J connectivity index is 3.23. The number of aliphatic hydroxyl groups excluding tert-OH is 1. The number of nitro groups is 1. The molecule has 0 saturated heterocycles. The van der Waals surface area contributed by atoms with Crippen molar-refractivity contribution in [3.05, 3.63) is 32.9 Å². The van der Waals surface area contributed by atoms with E-state index in [2.05, 4.69) is 4.72 Å². The summed E-state index contributed by atoms with van der Waals surface area (Å²) in [5.74, 6) is 0.